The summed E-state index contributed by atoms with van der Waals surface area (Å²) in [5.41, 5.74) is 0.746. The molecule has 1 amide bonds. The topological polar surface area (TPSA) is 83.7 Å². The second-order valence-electron chi connectivity index (χ2n) is 6.74. The van der Waals surface area contributed by atoms with E-state index in [0.717, 1.165) is 5.56 Å². The molecule has 0 spiro atoms. The lowest BCUT2D eigenvalue weighted by molar-refractivity contribution is -0.148. The Kier molecular flexibility index (Phi) is 5.88. The molecule has 0 radical (unpaired) electrons. The van der Waals surface area contributed by atoms with Gasteiger partial charge >= 0.3 is 0 Å². The average molecular weight is 412 g/mol. The number of aromatic nitrogens is 1. The third kappa shape index (κ3) is 4.69. The van der Waals surface area contributed by atoms with Crippen LogP contribution in [-0.2, 0) is 21.1 Å². The van der Waals surface area contributed by atoms with Gasteiger partial charge in [-0.15, -0.1) is 0 Å². The van der Waals surface area contributed by atoms with Crippen molar-refractivity contribution in [1.29, 1.82) is 0 Å². The van der Waals surface area contributed by atoms with Gasteiger partial charge in [0.1, 0.15) is 0 Å². The highest BCUT2D eigenvalue weighted by atomic mass is 35.5. The number of oxazole rings is 1. The van der Waals surface area contributed by atoms with Gasteiger partial charge in [-0.05, 0) is 18.6 Å². The number of benzene rings is 1. The molecule has 7 nitrogen and oxygen atoms in total. The van der Waals surface area contributed by atoms with Gasteiger partial charge in [-0.25, -0.2) is 18.4 Å². The minimum absolute atomic E-state index is 0.00652. The minimum atomic E-state index is -3.07. The molecule has 9 heteroatoms. The van der Waals surface area contributed by atoms with Crippen LogP contribution in [0.4, 0.5) is 0 Å². The Morgan fingerprint density at radius 1 is 1.33 bits per heavy atom. The van der Waals surface area contributed by atoms with Crippen LogP contribution >= 0.6 is 11.6 Å². The molecule has 1 fully saturated rings. The van der Waals surface area contributed by atoms with E-state index in [4.69, 9.17) is 16.0 Å². The summed E-state index contributed by atoms with van der Waals surface area (Å²) < 4.78 is 29.2. The number of carbonyl (C=O) groups excluding carboxylic acids is 1. The lowest BCUT2D eigenvalue weighted by atomic mass is 10.2. The number of carbonyl (C=O) groups is 1. The van der Waals surface area contributed by atoms with E-state index in [1.54, 1.807) is 31.4 Å². The summed E-state index contributed by atoms with van der Waals surface area (Å²) in [7, 11) is 0.409. The van der Waals surface area contributed by atoms with Crippen LogP contribution in [0.5, 0.6) is 0 Å². The molecule has 1 aromatic carbocycles. The zero-order valence-corrected chi connectivity index (χ0v) is 16.8. The number of nitrogens with zero attached hydrogens (tertiary/aromatic N) is 3. The Balaban J connectivity index is 1.65. The molecule has 27 heavy (non-hydrogen) atoms. The highest BCUT2D eigenvalue weighted by molar-refractivity contribution is 7.91. The van der Waals surface area contributed by atoms with Crippen molar-refractivity contribution in [2.24, 2.45) is 0 Å². The van der Waals surface area contributed by atoms with Crippen molar-refractivity contribution >= 4 is 27.3 Å². The van der Waals surface area contributed by atoms with Gasteiger partial charge in [-0.1, -0.05) is 23.7 Å². The number of halogens is 1. The van der Waals surface area contributed by atoms with Gasteiger partial charge in [0.25, 0.3) is 0 Å². The second kappa shape index (κ2) is 8.00. The molecule has 2 heterocycles. The number of hydrogen-bond donors (Lipinski definition) is 0. The van der Waals surface area contributed by atoms with Crippen LogP contribution in [0.25, 0.3) is 11.3 Å². The summed E-state index contributed by atoms with van der Waals surface area (Å²) in [6.07, 6.45) is 2.56. The molecule has 1 unspecified atom stereocenters. The summed E-state index contributed by atoms with van der Waals surface area (Å²) in [4.78, 5) is 16.9. The fourth-order valence-corrected chi connectivity index (χ4v) is 5.18. The number of hydrogen-bond acceptors (Lipinski definition) is 6. The van der Waals surface area contributed by atoms with Gasteiger partial charge in [0.05, 0.1) is 28.8 Å². The van der Waals surface area contributed by atoms with Crippen molar-refractivity contribution in [2.45, 2.75) is 25.3 Å². The Morgan fingerprint density at radius 2 is 2.07 bits per heavy atom. The average Bonchev–Trinajstić information content (AvgIpc) is 3.20. The van der Waals surface area contributed by atoms with E-state index in [9.17, 15) is 13.2 Å². The molecule has 3 rings (SSSR count). The maximum absolute atomic E-state index is 12.7. The summed E-state index contributed by atoms with van der Waals surface area (Å²) >= 11 is 6.16. The second-order valence-corrected chi connectivity index (χ2v) is 9.38. The zero-order valence-electron chi connectivity index (χ0n) is 15.3. The van der Waals surface area contributed by atoms with E-state index in [1.807, 2.05) is 18.2 Å². The van der Waals surface area contributed by atoms with Crippen LogP contribution in [-0.4, -0.2) is 61.0 Å². The van der Waals surface area contributed by atoms with Gasteiger partial charge in [0, 0.05) is 32.5 Å². The van der Waals surface area contributed by atoms with Crippen LogP contribution in [0.1, 0.15) is 18.7 Å². The molecule has 1 saturated heterocycles. The predicted octanol–water partition coefficient (Wildman–Crippen LogP) is 2.42. The minimum Gasteiger partial charge on any atom is -0.441 e. The SMILES string of the molecule is CN(C)N(C(=O)CCc1ncc(-c2ccccc2Cl)o1)C1CCS(=O)(=O)C1. The maximum atomic E-state index is 12.7. The summed E-state index contributed by atoms with van der Waals surface area (Å²) in [6.45, 7) is 0. The van der Waals surface area contributed by atoms with Gasteiger partial charge < -0.3 is 4.42 Å². The first kappa shape index (κ1) is 19.9. The van der Waals surface area contributed by atoms with Gasteiger partial charge in [-0.2, -0.15) is 0 Å². The first-order valence-corrected chi connectivity index (χ1v) is 10.9. The fraction of sp³-hybridized carbons (Fsp3) is 0.444. The van der Waals surface area contributed by atoms with E-state index >= 15 is 0 Å². The Bertz CT molecular complexity index is 926. The molecule has 0 bridgehead atoms. The largest absolute Gasteiger partial charge is 0.441 e. The Morgan fingerprint density at radius 3 is 2.70 bits per heavy atom. The van der Waals surface area contributed by atoms with Crippen molar-refractivity contribution in [3.8, 4) is 11.3 Å². The molecule has 1 aliphatic rings. The van der Waals surface area contributed by atoms with Crippen molar-refractivity contribution < 1.29 is 17.6 Å². The molecule has 0 N–H and O–H groups in total. The highest BCUT2D eigenvalue weighted by Gasteiger charge is 2.35. The van der Waals surface area contributed by atoms with Gasteiger partial charge in [0.2, 0.25) is 5.91 Å². The quantitative estimate of drug-likeness (QED) is 0.679. The number of rotatable bonds is 6. The maximum Gasteiger partial charge on any atom is 0.237 e. The van der Waals surface area contributed by atoms with Crippen molar-refractivity contribution in [3.05, 3.63) is 41.4 Å². The number of aryl methyl sites for hydroxylation is 1. The Hall–Kier alpha value is -1.90. The molecule has 146 valence electrons. The lowest BCUT2D eigenvalue weighted by Gasteiger charge is -2.33. The first-order chi connectivity index (χ1) is 12.8. The van der Waals surface area contributed by atoms with Crippen LogP contribution in [0.3, 0.4) is 0 Å². The van der Waals surface area contributed by atoms with Crippen LogP contribution in [0, 0.1) is 0 Å². The normalized spacial score (nSPS) is 18.7. The predicted molar refractivity (Wildman–Crippen MR) is 103 cm³/mol. The van der Waals surface area contributed by atoms with E-state index in [2.05, 4.69) is 4.98 Å². The van der Waals surface area contributed by atoms with Crippen LogP contribution in [0.2, 0.25) is 5.02 Å². The van der Waals surface area contributed by atoms with E-state index in [1.165, 1.54) is 5.01 Å². The van der Waals surface area contributed by atoms with Gasteiger partial charge in [0.15, 0.2) is 21.5 Å². The molecular weight excluding hydrogens is 390 g/mol. The van der Waals surface area contributed by atoms with E-state index < -0.39 is 9.84 Å². The molecule has 1 atom stereocenters. The number of hydrazine groups is 1. The molecular formula is C18H22ClN3O4S. The zero-order chi connectivity index (χ0) is 19.6. The smallest absolute Gasteiger partial charge is 0.237 e. The number of sulfone groups is 1. The van der Waals surface area contributed by atoms with E-state index in [0.29, 0.717) is 29.5 Å². The van der Waals surface area contributed by atoms with Crippen molar-refractivity contribution in [2.75, 3.05) is 25.6 Å². The molecule has 0 saturated carbocycles. The monoisotopic (exact) mass is 411 g/mol. The van der Waals surface area contributed by atoms with Crippen molar-refractivity contribution in [1.82, 2.24) is 15.0 Å². The standard InChI is InChI=1S/C18H22ClN3O4S/c1-21(2)22(13-9-10-27(24,25)12-13)18(23)8-7-17-20-11-16(26-17)14-5-3-4-6-15(14)19/h3-6,11,13H,7-10,12H2,1-2H3. The first-order valence-electron chi connectivity index (χ1n) is 8.66. The molecule has 1 aliphatic heterocycles. The highest BCUT2D eigenvalue weighted by Crippen LogP contribution is 2.28. The lowest BCUT2D eigenvalue weighted by Crippen LogP contribution is -2.49. The van der Waals surface area contributed by atoms with Crippen LogP contribution in [0.15, 0.2) is 34.9 Å². The summed E-state index contributed by atoms with van der Waals surface area (Å²) in [5.74, 6) is 0.966. The summed E-state index contributed by atoms with van der Waals surface area (Å²) in [5, 5.41) is 3.75. The molecule has 0 aliphatic carbocycles. The number of amides is 1. The van der Waals surface area contributed by atoms with Crippen LogP contribution < -0.4 is 0 Å². The molecule has 2 aromatic rings. The third-order valence-electron chi connectivity index (χ3n) is 4.49. The Labute approximate surface area is 163 Å². The summed E-state index contributed by atoms with van der Waals surface area (Å²) in [6, 6.07) is 6.98. The van der Waals surface area contributed by atoms with E-state index in [-0.39, 0.29) is 29.9 Å². The van der Waals surface area contributed by atoms with Gasteiger partial charge in [-0.3, -0.25) is 9.80 Å². The molecule has 1 aromatic heterocycles. The van der Waals surface area contributed by atoms with Crippen molar-refractivity contribution in [3.63, 3.8) is 0 Å². The fourth-order valence-electron chi connectivity index (χ4n) is 3.26. The third-order valence-corrected chi connectivity index (χ3v) is 6.57.